The molecule has 0 aromatic heterocycles. The molecular formula is C17H26N2O2S. The lowest BCUT2D eigenvalue weighted by Crippen LogP contribution is -2.40. The average Bonchev–Trinajstić information content (AvgIpc) is 3.32. The van der Waals surface area contributed by atoms with Crippen LogP contribution in [-0.2, 0) is 16.6 Å². The van der Waals surface area contributed by atoms with E-state index in [-0.39, 0.29) is 11.3 Å². The van der Waals surface area contributed by atoms with Gasteiger partial charge >= 0.3 is 0 Å². The molecule has 1 aliphatic heterocycles. The van der Waals surface area contributed by atoms with Crippen LogP contribution in [0.1, 0.15) is 49.3 Å². The van der Waals surface area contributed by atoms with Crippen LogP contribution in [0.2, 0.25) is 0 Å². The largest absolute Gasteiger partial charge is 0.305 e. The summed E-state index contributed by atoms with van der Waals surface area (Å²) in [6, 6.07) is 8.53. The first-order valence-corrected chi connectivity index (χ1v) is 9.73. The van der Waals surface area contributed by atoms with E-state index < -0.39 is 10.0 Å². The molecule has 0 radical (unpaired) electrons. The summed E-state index contributed by atoms with van der Waals surface area (Å²) in [5.74, 6) is 0. The molecule has 1 atom stereocenters. The molecule has 1 saturated carbocycles. The molecule has 0 N–H and O–H groups in total. The van der Waals surface area contributed by atoms with Gasteiger partial charge in [-0.05, 0) is 50.9 Å². The number of piperidine rings is 1. The summed E-state index contributed by atoms with van der Waals surface area (Å²) in [5.41, 5.74) is 2.41. The Labute approximate surface area is 134 Å². The van der Waals surface area contributed by atoms with Crippen molar-refractivity contribution in [2.45, 2.75) is 49.9 Å². The van der Waals surface area contributed by atoms with E-state index in [2.05, 4.69) is 43.3 Å². The van der Waals surface area contributed by atoms with Crippen molar-refractivity contribution in [3.63, 3.8) is 0 Å². The Morgan fingerprint density at radius 1 is 1.09 bits per heavy atom. The Hall–Kier alpha value is -0.910. The van der Waals surface area contributed by atoms with Gasteiger partial charge in [-0.15, -0.1) is 0 Å². The molecular weight excluding hydrogens is 296 g/mol. The molecule has 1 heterocycles. The Morgan fingerprint density at radius 2 is 1.77 bits per heavy atom. The van der Waals surface area contributed by atoms with Crippen LogP contribution in [0.25, 0.3) is 0 Å². The first-order valence-electron chi connectivity index (χ1n) is 8.23. The second-order valence-electron chi connectivity index (χ2n) is 6.85. The molecule has 3 rings (SSSR count). The first-order chi connectivity index (χ1) is 10.5. The molecule has 2 fully saturated rings. The Bertz CT molecular complexity index is 606. The number of benzene rings is 1. The minimum atomic E-state index is -3.09. The van der Waals surface area contributed by atoms with E-state index in [1.165, 1.54) is 5.56 Å². The summed E-state index contributed by atoms with van der Waals surface area (Å²) in [6.07, 6.45) is 4.72. The zero-order valence-corrected chi connectivity index (χ0v) is 14.3. The number of hydrogen-bond donors (Lipinski definition) is 0. The molecule has 0 amide bonds. The third kappa shape index (κ3) is 3.36. The van der Waals surface area contributed by atoms with Crippen molar-refractivity contribution in [1.29, 1.82) is 0 Å². The minimum absolute atomic E-state index is 0.0350. The van der Waals surface area contributed by atoms with Gasteiger partial charge in [-0.25, -0.2) is 8.42 Å². The van der Waals surface area contributed by atoms with Crippen LogP contribution in [-0.4, -0.2) is 43.5 Å². The molecule has 0 spiro atoms. The van der Waals surface area contributed by atoms with Crippen molar-refractivity contribution in [3.05, 3.63) is 35.4 Å². The highest BCUT2D eigenvalue weighted by Crippen LogP contribution is 2.39. The maximum atomic E-state index is 12.7. The van der Waals surface area contributed by atoms with Gasteiger partial charge in [0.1, 0.15) is 0 Å². The smallest absolute Gasteiger partial charge is 0.217 e. The van der Waals surface area contributed by atoms with Crippen molar-refractivity contribution in [3.8, 4) is 0 Å². The summed E-state index contributed by atoms with van der Waals surface area (Å²) in [7, 11) is 1.02. The van der Waals surface area contributed by atoms with Gasteiger partial charge in [0.2, 0.25) is 10.0 Å². The van der Waals surface area contributed by atoms with Crippen LogP contribution in [0.4, 0.5) is 0 Å². The van der Waals surface area contributed by atoms with Gasteiger partial charge < -0.3 is 4.90 Å². The van der Waals surface area contributed by atoms with Crippen LogP contribution in [0.5, 0.6) is 0 Å². The second kappa shape index (κ2) is 6.30. The van der Waals surface area contributed by atoms with Gasteiger partial charge in [0.25, 0.3) is 0 Å². The first kappa shape index (κ1) is 16.0. The summed E-state index contributed by atoms with van der Waals surface area (Å²) in [4.78, 5) is 2.14. The zero-order valence-electron chi connectivity index (χ0n) is 13.5. The zero-order chi connectivity index (χ0) is 15.7. The molecule has 122 valence electrons. The average molecular weight is 322 g/mol. The molecule has 1 unspecified atom stereocenters. The van der Waals surface area contributed by atoms with Crippen LogP contribution in [0.3, 0.4) is 0 Å². The normalized spacial score (nSPS) is 23.9. The molecule has 1 aromatic carbocycles. The van der Waals surface area contributed by atoms with Crippen molar-refractivity contribution < 1.29 is 8.42 Å². The predicted octanol–water partition coefficient (Wildman–Crippen LogP) is 2.77. The van der Waals surface area contributed by atoms with Gasteiger partial charge in [0.05, 0.1) is 5.25 Å². The van der Waals surface area contributed by atoms with Crippen molar-refractivity contribution >= 4 is 10.0 Å². The molecule has 22 heavy (non-hydrogen) atoms. The standard InChI is InChI=1S/C17H26N2O2S/c1-18(2)13-14-6-8-15(9-7-14)17-5-3-4-12-19(17)22(20,21)16-10-11-16/h6-9,16-17H,3-5,10-13H2,1-2H3. The minimum Gasteiger partial charge on any atom is -0.305 e. The van der Waals surface area contributed by atoms with Crippen molar-refractivity contribution in [2.75, 3.05) is 20.6 Å². The number of rotatable bonds is 5. The Kier molecular flexibility index (Phi) is 4.57. The molecule has 5 heteroatoms. The molecule has 1 aromatic rings. The number of sulfonamides is 1. The van der Waals surface area contributed by atoms with Gasteiger partial charge in [-0.2, -0.15) is 4.31 Å². The van der Waals surface area contributed by atoms with E-state index in [1.807, 2.05) is 0 Å². The predicted molar refractivity (Wildman–Crippen MR) is 89.1 cm³/mol. The third-order valence-electron chi connectivity index (χ3n) is 4.59. The highest BCUT2D eigenvalue weighted by molar-refractivity contribution is 7.90. The van der Waals surface area contributed by atoms with E-state index in [0.29, 0.717) is 6.54 Å². The maximum Gasteiger partial charge on any atom is 0.217 e. The van der Waals surface area contributed by atoms with Crippen LogP contribution >= 0.6 is 0 Å². The highest BCUT2D eigenvalue weighted by atomic mass is 32.2. The molecule has 4 nitrogen and oxygen atoms in total. The molecule has 1 aliphatic carbocycles. The van der Waals surface area contributed by atoms with E-state index >= 15 is 0 Å². The fraction of sp³-hybridized carbons (Fsp3) is 0.647. The van der Waals surface area contributed by atoms with Crippen LogP contribution in [0, 0.1) is 0 Å². The van der Waals surface area contributed by atoms with Gasteiger partial charge in [0, 0.05) is 19.1 Å². The second-order valence-corrected chi connectivity index (χ2v) is 9.01. The van der Waals surface area contributed by atoms with E-state index in [9.17, 15) is 8.42 Å². The van der Waals surface area contributed by atoms with Gasteiger partial charge in [-0.3, -0.25) is 0 Å². The lowest BCUT2D eigenvalue weighted by Gasteiger charge is -2.35. The van der Waals surface area contributed by atoms with Crippen molar-refractivity contribution in [2.24, 2.45) is 0 Å². The lowest BCUT2D eigenvalue weighted by atomic mass is 9.96. The molecule has 0 bridgehead atoms. The SMILES string of the molecule is CN(C)Cc1ccc(C2CCCCN2S(=O)(=O)C2CC2)cc1. The summed E-state index contributed by atoms with van der Waals surface area (Å²) in [6.45, 7) is 1.60. The summed E-state index contributed by atoms with van der Waals surface area (Å²) in [5, 5.41) is -0.110. The van der Waals surface area contributed by atoms with E-state index in [4.69, 9.17) is 0 Å². The summed E-state index contributed by atoms with van der Waals surface area (Å²) >= 11 is 0. The van der Waals surface area contributed by atoms with Gasteiger partial charge in [-0.1, -0.05) is 30.7 Å². The van der Waals surface area contributed by atoms with E-state index in [0.717, 1.165) is 44.2 Å². The monoisotopic (exact) mass is 322 g/mol. The van der Waals surface area contributed by atoms with E-state index in [1.54, 1.807) is 4.31 Å². The fourth-order valence-corrected chi connectivity index (χ4v) is 5.39. The third-order valence-corrected chi connectivity index (χ3v) is 6.99. The van der Waals surface area contributed by atoms with Crippen LogP contribution in [0.15, 0.2) is 24.3 Å². The number of nitrogens with zero attached hydrogens (tertiary/aromatic N) is 2. The van der Waals surface area contributed by atoms with Gasteiger partial charge in [0.15, 0.2) is 0 Å². The Morgan fingerprint density at radius 3 is 2.36 bits per heavy atom. The fourth-order valence-electron chi connectivity index (χ4n) is 3.31. The van der Waals surface area contributed by atoms with Crippen molar-refractivity contribution in [1.82, 2.24) is 9.21 Å². The number of hydrogen-bond acceptors (Lipinski definition) is 3. The quantitative estimate of drug-likeness (QED) is 0.837. The highest BCUT2D eigenvalue weighted by Gasteiger charge is 2.43. The molecule has 1 saturated heterocycles. The lowest BCUT2D eigenvalue weighted by molar-refractivity contribution is 0.255. The Balaban J connectivity index is 1.81. The summed E-state index contributed by atoms with van der Waals surface area (Å²) < 4.78 is 27.1. The van der Waals surface area contributed by atoms with Crippen LogP contribution < -0.4 is 0 Å². The molecule has 2 aliphatic rings. The maximum absolute atomic E-state index is 12.7. The topological polar surface area (TPSA) is 40.6 Å².